The molecule has 3 heteroatoms. The second kappa shape index (κ2) is 7.17. The molecule has 120 valence electrons. The molecule has 1 N–H and O–H groups in total. The molecule has 0 atom stereocenters. The van der Waals surface area contributed by atoms with E-state index in [2.05, 4.69) is 52.9 Å². The zero-order valence-corrected chi connectivity index (χ0v) is 14.7. The Morgan fingerprint density at radius 3 is 2.24 bits per heavy atom. The summed E-state index contributed by atoms with van der Waals surface area (Å²) >= 11 is 0. The second-order valence-corrected chi connectivity index (χ2v) is 7.49. The van der Waals surface area contributed by atoms with Gasteiger partial charge in [-0.3, -0.25) is 0 Å². The van der Waals surface area contributed by atoms with E-state index in [-0.39, 0.29) is 11.0 Å². The molecular weight excluding hydrogens is 262 g/mol. The Labute approximate surface area is 130 Å². The molecule has 1 aromatic rings. The van der Waals surface area contributed by atoms with Gasteiger partial charge in [0.05, 0.1) is 13.7 Å². The van der Waals surface area contributed by atoms with Crippen molar-refractivity contribution in [3.8, 4) is 11.5 Å². The third-order valence-corrected chi connectivity index (χ3v) is 3.23. The van der Waals surface area contributed by atoms with E-state index < -0.39 is 0 Å². The first kappa shape index (κ1) is 17.8. The first-order valence-corrected chi connectivity index (χ1v) is 7.70. The van der Waals surface area contributed by atoms with Crippen LogP contribution in [0.5, 0.6) is 11.5 Å². The van der Waals surface area contributed by atoms with Gasteiger partial charge in [-0.05, 0) is 57.4 Å². The van der Waals surface area contributed by atoms with Crippen LogP contribution in [0.25, 0.3) is 0 Å². The number of nitrogens with one attached hydrogen (secondary N) is 1. The number of hydrogen-bond donors (Lipinski definition) is 1. The maximum absolute atomic E-state index is 5.98. The molecule has 0 aliphatic carbocycles. The van der Waals surface area contributed by atoms with Crippen molar-refractivity contribution in [2.45, 2.75) is 58.9 Å². The van der Waals surface area contributed by atoms with Gasteiger partial charge in [-0.25, -0.2) is 0 Å². The van der Waals surface area contributed by atoms with Gasteiger partial charge in [0.2, 0.25) is 0 Å². The van der Waals surface area contributed by atoms with Crippen molar-refractivity contribution in [1.82, 2.24) is 5.32 Å². The molecule has 0 fully saturated rings. The molecule has 0 heterocycles. The molecule has 0 saturated heterocycles. The quantitative estimate of drug-likeness (QED) is 0.799. The van der Waals surface area contributed by atoms with Crippen molar-refractivity contribution in [3.63, 3.8) is 0 Å². The monoisotopic (exact) mass is 293 g/mol. The molecule has 1 aromatic carbocycles. The highest BCUT2D eigenvalue weighted by atomic mass is 16.5. The summed E-state index contributed by atoms with van der Waals surface area (Å²) in [5.74, 6) is 1.83. The maximum atomic E-state index is 5.98. The number of benzene rings is 1. The standard InChI is InChI=1S/C18H31NO2/c1-17(2,3)15-13-14(20-7)9-10-16(15)21-12-8-11-19-18(4,5)6/h9-10,13,19H,8,11-12H2,1-7H3. The van der Waals surface area contributed by atoms with Crippen LogP contribution >= 0.6 is 0 Å². The summed E-state index contributed by atoms with van der Waals surface area (Å²) in [6, 6.07) is 6.04. The van der Waals surface area contributed by atoms with Crippen molar-refractivity contribution in [2.75, 3.05) is 20.3 Å². The number of hydrogen-bond acceptors (Lipinski definition) is 3. The fraction of sp³-hybridized carbons (Fsp3) is 0.667. The average molecular weight is 293 g/mol. The number of ether oxygens (including phenoxy) is 2. The zero-order chi connectivity index (χ0) is 16.1. The minimum atomic E-state index is 0.0353. The summed E-state index contributed by atoms with van der Waals surface area (Å²) in [6.45, 7) is 14.8. The fourth-order valence-corrected chi connectivity index (χ4v) is 2.07. The second-order valence-electron chi connectivity index (χ2n) is 7.49. The topological polar surface area (TPSA) is 30.5 Å². The highest BCUT2D eigenvalue weighted by Crippen LogP contribution is 2.34. The van der Waals surface area contributed by atoms with E-state index in [4.69, 9.17) is 9.47 Å². The lowest BCUT2D eigenvalue weighted by Gasteiger charge is -2.24. The lowest BCUT2D eigenvalue weighted by molar-refractivity contribution is 0.290. The summed E-state index contributed by atoms with van der Waals surface area (Å²) in [5, 5.41) is 3.47. The van der Waals surface area contributed by atoms with Crippen LogP contribution in [0.1, 0.15) is 53.5 Å². The maximum Gasteiger partial charge on any atom is 0.123 e. The van der Waals surface area contributed by atoms with Gasteiger partial charge in [-0.1, -0.05) is 20.8 Å². The molecule has 1 rings (SSSR count). The van der Waals surface area contributed by atoms with Crippen LogP contribution in [0.2, 0.25) is 0 Å². The first-order valence-electron chi connectivity index (χ1n) is 7.70. The minimum Gasteiger partial charge on any atom is -0.497 e. The summed E-state index contributed by atoms with van der Waals surface area (Å²) in [5.41, 5.74) is 1.38. The highest BCUT2D eigenvalue weighted by Gasteiger charge is 2.20. The minimum absolute atomic E-state index is 0.0353. The molecule has 3 nitrogen and oxygen atoms in total. The van der Waals surface area contributed by atoms with Gasteiger partial charge in [0.25, 0.3) is 0 Å². The summed E-state index contributed by atoms with van der Waals surface area (Å²) in [4.78, 5) is 0. The van der Waals surface area contributed by atoms with Gasteiger partial charge >= 0.3 is 0 Å². The predicted molar refractivity (Wildman–Crippen MR) is 89.6 cm³/mol. The Bertz CT molecular complexity index is 442. The van der Waals surface area contributed by atoms with Crippen molar-refractivity contribution >= 4 is 0 Å². The third-order valence-electron chi connectivity index (χ3n) is 3.23. The summed E-state index contributed by atoms with van der Waals surface area (Å²) < 4.78 is 11.3. The van der Waals surface area contributed by atoms with Crippen LogP contribution in [-0.4, -0.2) is 25.8 Å². The molecular formula is C18H31NO2. The van der Waals surface area contributed by atoms with E-state index in [1.165, 1.54) is 5.56 Å². The van der Waals surface area contributed by atoms with Gasteiger partial charge in [0, 0.05) is 11.1 Å². The summed E-state index contributed by atoms with van der Waals surface area (Å²) in [6.07, 6.45) is 0.993. The largest absolute Gasteiger partial charge is 0.497 e. The van der Waals surface area contributed by atoms with Crippen LogP contribution in [-0.2, 0) is 5.41 Å². The Balaban J connectivity index is 2.62. The Hall–Kier alpha value is -1.22. The third kappa shape index (κ3) is 6.38. The van der Waals surface area contributed by atoms with E-state index >= 15 is 0 Å². The molecule has 0 amide bonds. The number of methoxy groups -OCH3 is 1. The average Bonchev–Trinajstić information content (AvgIpc) is 2.36. The van der Waals surface area contributed by atoms with Crippen LogP contribution in [0, 0.1) is 0 Å². The Kier molecular flexibility index (Phi) is 6.09. The van der Waals surface area contributed by atoms with Crippen molar-refractivity contribution in [3.05, 3.63) is 23.8 Å². The lowest BCUT2D eigenvalue weighted by atomic mass is 9.86. The SMILES string of the molecule is COc1ccc(OCCCNC(C)(C)C)c(C(C)(C)C)c1. The van der Waals surface area contributed by atoms with E-state index in [9.17, 15) is 0 Å². The van der Waals surface area contributed by atoms with E-state index in [1.54, 1.807) is 7.11 Å². The van der Waals surface area contributed by atoms with Gasteiger partial charge in [0.1, 0.15) is 11.5 Å². The zero-order valence-electron chi connectivity index (χ0n) is 14.7. The fourth-order valence-electron chi connectivity index (χ4n) is 2.07. The van der Waals surface area contributed by atoms with Gasteiger partial charge < -0.3 is 14.8 Å². The highest BCUT2D eigenvalue weighted by molar-refractivity contribution is 5.44. The molecule has 0 unspecified atom stereocenters. The Morgan fingerprint density at radius 1 is 1.05 bits per heavy atom. The molecule has 0 radical (unpaired) electrons. The van der Waals surface area contributed by atoms with E-state index in [0.29, 0.717) is 0 Å². The predicted octanol–water partition coefficient (Wildman–Crippen LogP) is 4.15. The van der Waals surface area contributed by atoms with Gasteiger partial charge in [-0.15, -0.1) is 0 Å². The molecule has 0 aliphatic heterocycles. The van der Waals surface area contributed by atoms with Crippen LogP contribution in [0.15, 0.2) is 18.2 Å². The van der Waals surface area contributed by atoms with E-state index in [0.717, 1.165) is 31.1 Å². The van der Waals surface area contributed by atoms with E-state index in [1.807, 2.05) is 12.1 Å². The smallest absolute Gasteiger partial charge is 0.123 e. The normalized spacial score (nSPS) is 12.3. The van der Waals surface area contributed by atoms with Crippen molar-refractivity contribution < 1.29 is 9.47 Å². The first-order chi connectivity index (χ1) is 9.63. The lowest BCUT2D eigenvalue weighted by Crippen LogP contribution is -2.36. The van der Waals surface area contributed by atoms with Crippen LogP contribution < -0.4 is 14.8 Å². The Morgan fingerprint density at radius 2 is 1.71 bits per heavy atom. The van der Waals surface area contributed by atoms with Crippen LogP contribution in [0.3, 0.4) is 0 Å². The van der Waals surface area contributed by atoms with Crippen molar-refractivity contribution in [2.24, 2.45) is 0 Å². The van der Waals surface area contributed by atoms with Crippen LogP contribution in [0.4, 0.5) is 0 Å². The molecule has 0 bridgehead atoms. The molecule has 0 spiro atoms. The molecule has 21 heavy (non-hydrogen) atoms. The van der Waals surface area contributed by atoms with Gasteiger partial charge in [-0.2, -0.15) is 0 Å². The van der Waals surface area contributed by atoms with Gasteiger partial charge in [0.15, 0.2) is 0 Å². The molecule has 0 saturated carbocycles. The van der Waals surface area contributed by atoms with Crippen molar-refractivity contribution in [1.29, 1.82) is 0 Å². The molecule has 0 aliphatic rings. The number of rotatable bonds is 6. The molecule has 0 aromatic heterocycles. The summed E-state index contributed by atoms with van der Waals surface area (Å²) in [7, 11) is 1.69.